The average molecular weight is 258 g/mol. The predicted molar refractivity (Wildman–Crippen MR) is 70.8 cm³/mol. The van der Waals surface area contributed by atoms with Crippen molar-refractivity contribution >= 4 is 5.97 Å². The van der Waals surface area contributed by atoms with Crippen molar-refractivity contribution in [2.75, 3.05) is 7.11 Å². The van der Waals surface area contributed by atoms with Gasteiger partial charge in [-0.1, -0.05) is 30.3 Å². The summed E-state index contributed by atoms with van der Waals surface area (Å²) in [4.78, 5) is 30.2. The van der Waals surface area contributed by atoms with Crippen LogP contribution in [-0.4, -0.2) is 23.0 Å². The lowest BCUT2D eigenvalue weighted by Crippen LogP contribution is -2.21. The van der Waals surface area contributed by atoms with Crippen molar-refractivity contribution in [3.8, 4) is 11.4 Å². The number of esters is 1. The van der Waals surface area contributed by atoms with Crippen molar-refractivity contribution in [3.63, 3.8) is 0 Å². The van der Waals surface area contributed by atoms with E-state index in [2.05, 4.69) is 14.7 Å². The number of benzene rings is 1. The number of aryl methyl sites for hydroxylation is 1. The molecule has 5 heteroatoms. The Morgan fingerprint density at radius 3 is 2.58 bits per heavy atom. The van der Waals surface area contributed by atoms with Crippen LogP contribution in [0.15, 0.2) is 35.1 Å². The molecule has 0 amide bonds. The largest absolute Gasteiger partial charge is 0.469 e. The van der Waals surface area contributed by atoms with Gasteiger partial charge in [0.1, 0.15) is 5.82 Å². The van der Waals surface area contributed by atoms with Crippen molar-refractivity contribution in [1.29, 1.82) is 0 Å². The zero-order valence-corrected chi connectivity index (χ0v) is 10.8. The van der Waals surface area contributed by atoms with Crippen molar-refractivity contribution in [1.82, 2.24) is 9.97 Å². The van der Waals surface area contributed by atoms with E-state index in [0.29, 0.717) is 17.1 Å². The Kier molecular flexibility index (Phi) is 3.75. The maximum atomic E-state index is 12.0. The highest BCUT2D eigenvalue weighted by molar-refractivity contribution is 5.72. The topological polar surface area (TPSA) is 72.0 Å². The standard InChI is InChI=1S/C14H14N2O3/c1-9-11(8-12(17)19-2)14(18)16-13(15-9)10-6-4-3-5-7-10/h3-7H,8H2,1-2H3,(H,15,16,18). The number of aromatic amines is 1. The number of aromatic nitrogens is 2. The third kappa shape index (κ3) is 2.88. The van der Waals surface area contributed by atoms with Crippen LogP contribution in [0.5, 0.6) is 0 Å². The fourth-order valence-electron chi connectivity index (χ4n) is 1.77. The molecule has 0 unspecified atom stereocenters. The molecule has 0 aliphatic carbocycles. The summed E-state index contributed by atoms with van der Waals surface area (Å²) in [7, 11) is 1.29. The molecular weight excluding hydrogens is 244 g/mol. The summed E-state index contributed by atoms with van der Waals surface area (Å²) in [5, 5.41) is 0. The second-order valence-electron chi connectivity index (χ2n) is 4.10. The van der Waals surface area contributed by atoms with E-state index in [1.807, 2.05) is 30.3 Å². The number of carbonyl (C=O) groups excluding carboxylic acids is 1. The lowest BCUT2D eigenvalue weighted by atomic mass is 10.1. The van der Waals surface area contributed by atoms with Crippen LogP contribution in [0, 0.1) is 6.92 Å². The van der Waals surface area contributed by atoms with Gasteiger partial charge in [0.2, 0.25) is 0 Å². The van der Waals surface area contributed by atoms with E-state index in [0.717, 1.165) is 5.56 Å². The van der Waals surface area contributed by atoms with E-state index in [1.54, 1.807) is 6.92 Å². The van der Waals surface area contributed by atoms with E-state index in [9.17, 15) is 9.59 Å². The molecule has 0 fully saturated rings. The lowest BCUT2D eigenvalue weighted by Gasteiger charge is -2.06. The molecule has 0 aliphatic rings. The molecule has 1 aromatic heterocycles. The van der Waals surface area contributed by atoms with Crippen LogP contribution in [-0.2, 0) is 16.0 Å². The number of H-pyrrole nitrogens is 1. The van der Waals surface area contributed by atoms with Gasteiger partial charge in [-0.25, -0.2) is 4.98 Å². The Morgan fingerprint density at radius 1 is 1.32 bits per heavy atom. The quantitative estimate of drug-likeness (QED) is 0.846. The molecule has 1 N–H and O–H groups in total. The first-order chi connectivity index (χ1) is 9.11. The SMILES string of the molecule is COC(=O)Cc1c(C)nc(-c2ccccc2)[nH]c1=O. The highest BCUT2D eigenvalue weighted by atomic mass is 16.5. The van der Waals surface area contributed by atoms with Gasteiger partial charge in [-0.15, -0.1) is 0 Å². The Bertz CT molecular complexity index is 647. The van der Waals surface area contributed by atoms with Crippen LogP contribution >= 0.6 is 0 Å². The monoisotopic (exact) mass is 258 g/mol. The van der Waals surface area contributed by atoms with Gasteiger partial charge in [0.25, 0.3) is 5.56 Å². The number of carbonyl (C=O) groups is 1. The molecule has 0 saturated heterocycles. The molecule has 0 saturated carbocycles. The van der Waals surface area contributed by atoms with Gasteiger partial charge in [0.05, 0.1) is 13.5 Å². The number of ether oxygens (including phenoxy) is 1. The molecule has 98 valence electrons. The minimum Gasteiger partial charge on any atom is -0.469 e. The van der Waals surface area contributed by atoms with Crippen molar-refractivity contribution in [2.45, 2.75) is 13.3 Å². The second kappa shape index (κ2) is 5.48. The van der Waals surface area contributed by atoms with Gasteiger partial charge in [-0.2, -0.15) is 0 Å². The zero-order valence-electron chi connectivity index (χ0n) is 10.8. The summed E-state index contributed by atoms with van der Waals surface area (Å²) in [5.41, 5.74) is 1.39. The van der Waals surface area contributed by atoms with E-state index >= 15 is 0 Å². The minimum absolute atomic E-state index is 0.0697. The van der Waals surface area contributed by atoms with Crippen molar-refractivity contribution in [2.24, 2.45) is 0 Å². The fourth-order valence-corrected chi connectivity index (χ4v) is 1.77. The normalized spacial score (nSPS) is 10.2. The van der Waals surface area contributed by atoms with Crippen LogP contribution in [0.4, 0.5) is 0 Å². The summed E-state index contributed by atoms with van der Waals surface area (Å²) in [5.74, 6) is 0.0413. The van der Waals surface area contributed by atoms with Crippen LogP contribution < -0.4 is 5.56 Å². The molecule has 19 heavy (non-hydrogen) atoms. The highest BCUT2D eigenvalue weighted by Crippen LogP contribution is 2.13. The molecule has 1 aromatic carbocycles. The molecule has 2 rings (SSSR count). The average Bonchev–Trinajstić information content (AvgIpc) is 2.43. The summed E-state index contributed by atoms with van der Waals surface area (Å²) in [6, 6.07) is 9.34. The van der Waals surface area contributed by atoms with Crippen LogP contribution in [0.1, 0.15) is 11.3 Å². The van der Waals surface area contributed by atoms with Gasteiger partial charge in [-0.05, 0) is 6.92 Å². The maximum Gasteiger partial charge on any atom is 0.310 e. The van der Waals surface area contributed by atoms with E-state index in [-0.39, 0.29) is 12.0 Å². The van der Waals surface area contributed by atoms with Gasteiger partial charge in [-0.3, -0.25) is 9.59 Å². The molecule has 2 aromatic rings. The van der Waals surface area contributed by atoms with Crippen LogP contribution in [0.25, 0.3) is 11.4 Å². The Labute approximate surface area is 110 Å². The van der Waals surface area contributed by atoms with E-state index < -0.39 is 5.97 Å². The van der Waals surface area contributed by atoms with Crippen molar-refractivity contribution in [3.05, 3.63) is 51.9 Å². The van der Waals surface area contributed by atoms with Gasteiger partial charge < -0.3 is 9.72 Å². The summed E-state index contributed by atoms with van der Waals surface area (Å²) < 4.78 is 4.56. The van der Waals surface area contributed by atoms with Crippen molar-refractivity contribution < 1.29 is 9.53 Å². The summed E-state index contributed by atoms with van der Waals surface area (Å²) >= 11 is 0. The third-order valence-corrected chi connectivity index (χ3v) is 2.82. The smallest absolute Gasteiger partial charge is 0.310 e. The molecule has 0 spiro atoms. The van der Waals surface area contributed by atoms with E-state index in [1.165, 1.54) is 7.11 Å². The molecule has 0 atom stereocenters. The summed E-state index contributed by atoms with van der Waals surface area (Å²) in [6.07, 6.45) is -0.0697. The molecule has 0 aliphatic heterocycles. The first-order valence-electron chi connectivity index (χ1n) is 5.84. The Balaban J connectivity index is 2.43. The maximum absolute atomic E-state index is 12.0. The number of nitrogens with zero attached hydrogens (tertiary/aromatic N) is 1. The molecular formula is C14H14N2O3. The minimum atomic E-state index is -0.456. The molecule has 0 bridgehead atoms. The van der Waals surface area contributed by atoms with Gasteiger partial charge >= 0.3 is 5.97 Å². The van der Waals surface area contributed by atoms with Crippen LogP contribution in [0.2, 0.25) is 0 Å². The summed E-state index contributed by atoms with van der Waals surface area (Å²) in [6.45, 7) is 1.71. The first-order valence-corrected chi connectivity index (χ1v) is 5.84. The molecule has 1 heterocycles. The Hall–Kier alpha value is -2.43. The number of methoxy groups -OCH3 is 1. The zero-order chi connectivity index (χ0) is 13.8. The van der Waals surface area contributed by atoms with Gasteiger partial charge in [0, 0.05) is 16.8 Å². The number of nitrogens with one attached hydrogen (secondary N) is 1. The first kappa shape index (κ1) is 13.0. The number of rotatable bonds is 3. The third-order valence-electron chi connectivity index (χ3n) is 2.82. The fraction of sp³-hybridized carbons (Fsp3) is 0.214. The van der Waals surface area contributed by atoms with E-state index in [4.69, 9.17) is 0 Å². The predicted octanol–water partition coefficient (Wildman–Crippen LogP) is 1.46. The second-order valence-corrected chi connectivity index (χ2v) is 4.10. The Morgan fingerprint density at radius 2 is 2.00 bits per heavy atom. The number of hydrogen-bond donors (Lipinski definition) is 1. The molecule has 5 nitrogen and oxygen atoms in total. The molecule has 0 radical (unpaired) electrons. The van der Waals surface area contributed by atoms with Gasteiger partial charge in [0.15, 0.2) is 0 Å². The van der Waals surface area contributed by atoms with Crippen LogP contribution in [0.3, 0.4) is 0 Å². The lowest BCUT2D eigenvalue weighted by molar-refractivity contribution is -0.139. The number of hydrogen-bond acceptors (Lipinski definition) is 4. The highest BCUT2D eigenvalue weighted by Gasteiger charge is 2.13.